The van der Waals surface area contributed by atoms with Gasteiger partial charge in [0.1, 0.15) is 5.82 Å². The van der Waals surface area contributed by atoms with Gasteiger partial charge in [-0.2, -0.15) is 0 Å². The Labute approximate surface area is 136 Å². The molecule has 3 aromatic rings. The highest BCUT2D eigenvalue weighted by Crippen LogP contribution is 2.24. The molecule has 0 aliphatic rings. The molecule has 0 saturated carbocycles. The number of hydrogen-bond acceptors (Lipinski definition) is 5. The van der Waals surface area contributed by atoms with Crippen molar-refractivity contribution in [3.63, 3.8) is 0 Å². The predicted octanol–water partition coefficient (Wildman–Crippen LogP) is 4.22. The molecule has 0 saturated heterocycles. The number of rotatable bonds is 5. The number of thiophene rings is 1. The van der Waals surface area contributed by atoms with Gasteiger partial charge in [-0.3, -0.25) is 4.90 Å². The minimum absolute atomic E-state index is 0.316. The summed E-state index contributed by atoms with van der Waals surface area (Å²) in [7, 11) is 1.85. The second kappa shape index (κ2) is 6.56. The van der Waals surface area contributed by atoms with Crippen LogP contribution in [0.2, 0.25) is 5.02 Å². The average molecular weight is 338 g/mol. The van der Waals surface area contributed by atoms with Gasteiger partial charge in [-0.1, -0.05) is 23.7 Å². The van der Waals surface area contributed by atoms with E-state index in [1.807, 2.05) is 29.5 Å². The molecule has 4 nitrogen and oxygen atoms in total. The van der Waals surface area contributed by atoms with Crippen molar-refractivity contribution < 1.29 is 8.81 Å². The molecule has 3 rings (SSSR count). The Morgan fingerprint density at radius 3 is 2.82 bits per heavy atom. The highest BCUT2D eigenvalue weighted by Gasteiger charge is 2.14. The summed E-state index contributed by atoms with van der Waals surface area (Å²) in [6.45, 7) is 0.783. The minimum atomic E-state index is -0.316. The number of nitrogens with zero attached hydrogens (tertiary/aromatic N) is 3. The van der Waals surface area contributed by atoms with E-state index in [-0.39, 0.29) is 5.82 Å². The van der Waals surface area contributed by atoms with Gasteiger partial charge in [0.15, 0.2) is 0 Å². The molecule has 0 aliphatic carbocycles. The van der Waals surface area contributed by atoms with Gasteiger partial charge in [0.05, 0.1) is 11.4 Å². The van der Waals surface area contributed by atoms with E-state index in [2.05, 4.69) is 10.2 Å². The SMILES string of the molecule is CN(Cc1nnc(-c2cccs2)o1)Cc1c(F)cccc1Cl. The maximum atomic E-state index is 13.8. The molecule has 0 unspecified atom stereocenters. The Morgan fingerprint density at radius 1 is 1.23 bits per heavy atom. The smallest absolute Gasteiger partial charge is 0.257 e. The Hall–Kier alpha value is -1.76. The lowest BCUT2D eigenvalue weighted by Crippen LogP contribution is -2.18. The highest BCUT2D eigenvalue weighted by molar-refractivity contribution is 7.13. The zero-order valence-corrected chi connectivity index (χ0v) is 13.4. The Morgan fingerprint density at radius 2 is 2.09 bits per heavy atom. The summed E-state index contributed by atoms with van der Waals surface area (Å²) in [5, 5.41) is 10.4. The van der Waals surface area contributed by atoms with Crippen molar-refractivity contribution in [2.45, 2.75) is 13.1 Å². The third-order valence-corrected chi connectivity index (χ3v) is 4.31. The van der Waals surface area contributed by atoms with Crippen molar-refractivity contribution in [1.29, 1.82) is 0 Å². The molecule has 0 atom stereocenters. The second-order valence-electron chi connectivity index (χ2n) is 4.85. The van der Waals surface area contributed by atoms with Crippen molar-refractivity contribution in [2.24, 2.45) is 0 Å². The average Bonchev–Trinajstić information content (AvgIpc) is 3.13. The second-order valence-corrected chi connectivity index (χ2v) is 6.21. The van der Waals surface area contributed by atoms with Crippen LogP contribution >= 0.6 is 22.9 Å². The number of halogens is 2. The van der Waals surface area contributed by atoms with Crippen LogP contribution < -0.4 is 0 Å². The third kappa shape index (κ3) is 3.35. The molecule has 114 valence electrons. The maximum Gasteiger partial charge on any atom is 0.257 e. The molecule has 22 heavy (non-hydrogen) atoms. The fourth-order valence-corrected chi connectivity index (χ4v) is 2.92. The summed E-state index contributed by atoms with van der Waals surface area (Å²) < 4.78 is 19.4. The van der Waals surface area contributed by atoms with Crippen LogP contribution in [0.25, 0.3) is 10.8 Å². The monoisotopic (exact) mass is 337 g/mol. The van der Waals surface area contributed by atoms with E-state index >= 15 is 0 Å². The molecule has 0 fully saturated rings. The van der Waals surface area contributed by atoms with Gasteiger partial charge >= 0.3 is 0 Å². The van der Waals surface area contributed by atoms with E-state index in [4.69, 9.17) is 16.0 Å². The summed E-state index contributed by atoms with van der Waals surface area (Å²) in [4.78, 5) is 2.80. The minimum Gasteiger partial charge on any atom is -0.419 e. The van der Waals surface area contributed by atoms with E-state index in [0.29, 0.717) is 35.5 Å². The Bertz CT molecular complexity index is 740. The quantitative estimate of drug-likeness (QED) is 0.699. The van der Waals surface area contributed by atoms with Gasteiger partial charge in [-0.05, 0) is 30.6 Å². The van der Waals surface area contributed by atoms with Gasteiger partial charge in [-0.15, -0.1) is 21.5 Å². The molecule has 1 aromatic carbocycles. The zero-order chi connectivity index (χ0) is 15.5. The lowest BCUT2D eigenvalue weighted by atomic mass is 10.2. The van der Waals surface area contributed by atoms with Crippen LogP contribution in [0.15, 0.2) is 40.1 Å². The first kappa shape index (κ1) is 15.1. The molecule has 2 heterocycles. The van der Waals surface area contributed by atoms with E-state index < -0.39 is 0 Å². The lowest BCUT2D eigenvalue weighted by Gasteiger charge is -2.15. The summed E-state index contributed by atoms with van der Waals surface area (Å²) in [6.07, 6.45) is 0. The van der Waals surface area contributed by atoms with Crippen molar-refractivity contribution in [2.75, 3.05) is 7.05 Å². The number of aromatic nitrogens is 2. The fourth-order valence-electron chi connectivity index (χ4n) is 2.06. The molecule has 2 aromatic heterocycles. The standard InChI is InChI=1S/C15H13ClFN3OS/c1-20(8-10-11(16)4-2-5-12(10)17)9-14-18-19-15(21-14)13-6-3-7-22-13/h2-7H,8-9H2,1H3. The number of benzene rings is 1. The molecule has 0 aliphatic heterocycles. The van der Waals surface area contributed by atoms with Crippen LogP contribution in [0.3, 0.4) is 0 Å². The summed E-state index contributed by atoms with van der Waals surface area (Å²) in [5.41, 5.74) is 0.463. The van der Waals surface area contributed by atoms with E-state index in [1.54, 1.807) is 12.1 Å². The summed E-state index contributed by atoms with van der Waals surface area (Å²) >= 11 is 7.57. The highest BCUT2D eigenvalue weighted by atomic mass is 35.5. The molecular formula is C15H13ClFN3OS. The van der Waals surface area contributed by atoms with E-state index in [1.165, 1.54) is 17.4 Å². The molecule has 0 N–H and O–H groups in total. The van der Waals surface area contributed by atoms with Gasteiger partial charge < -0.3 is 4.42 Å². The van der Waals surface area contributed by atoms with Crippen LogP contribution in [0.1, 0.15) is 11.5 Å². The third-order valence-electron chi connectivity index (χ3n) is 3.09. The van der Waals surface area contributed by atoms with Gasteiger partial charge in [0.2, 0.25) is 5.89 Å². The fraction of sp³-hybridized carbons (Fsp3) is 0.200. The summed E-state index contributed by atoms with van der Waals surface area (Å²) in [5.74, 6) is 0.671. The van der Waals surface area contributed by atoms with E-state index in [0.717, 1.165) is 4.88 Å². The topological polar surface area (TPSA) is 42.2 Å². The maximum absolute atomic E-state index is 13.8. The Balaban J connectivity index is 1.68. The van der Waals surface area contributed by atoms with Crippen LogP contribution in [-0.4, -0.2) is 22.1 Å². The van der Waals surface area contributed by atoms with E-state index in [9.17, 15) is 4.39 Å². The first-order chi connectivity index (χ1) is 10.6. The normalized spacial score (nSPS) is 11.3. The summed E-state index contributed by atoms with van der Waals surface area (Å²) in [6, 6.07) is 8.51. The van der Waals surface area contributed by atoms with Gasteiger partial charge in [0, 0.05) is 17.1 Å². The number of hydrogen-bond donors (Lipinski definition) is 0. The van der Waals surface area contributed by atoms with Crippen LogP contribution in [0.4, 0.5) is 4.39 Å². The molecular weight excluding hydrogens is 325 g/mol. The first-order valence-electron chi connectivity index (χ1n) is 6.61. The van der Waals surface area contributed by atoms with Crippen molar-refractivity contribution in [3.8, 4) is 10.8 Å². The van der Waals surface area contributed by atoms with Gasteiger partial charge in [0.25, 0.3) is 5.89 Å². The lowest BCUT2D eigenvalue weighted by molar-refractivity contribution is 0.279. The van der Waals surface area contributed by atoms with Crippen LogP contribution in [0.5, 0.6) is 0 Å². The van der Waals surface area contributed by atoms with Crippen molar-refractivity contribution in [3.05, 3.63) is 58.0 Å². The van der Waals surface area contributed by atoms with Crippen LogP contribution in [-0.2, 0) is 13.1 Å². The van der Waals surface area contributed by atoms with Gasteiger partial charge in [-0.25, -0.2) is 4.39 Å². The van der Waals surface area contributed by atoms with Crippen LogP contribution in [0, 0.1) is 5.82 Å². The largest absolute Gasteiger partial charge is 0.419 e. The molecule has 0 amide bonds. The Kier molecular flexibility index (Phi) is 4.52. The predicted molar refractivity (Wildman–Crippen MR) is 84.2 cm³/mol. The molecule has 0 bridgehead atoms. The first-order valence-corrected chi connectivity index (χ1v) is 7.87. The van der Waals surface area contributed by atoms with Crippen molar-refractivity contribution in [1.82, 2.24) is 15.1 Å². The molecule has 0 spiro atoms. The molecule has 7 heteroatoms. The zero-order valence-electron chi connectivity index (χ0n) is 11.8. The molecule has 0 radical (unpaired) electrons. The van der Waals surface area contributed by atoms with Crippen molar-refractivity contribution >= 4 is 22.9 Å².